The molecule has 0 bridgehead atoms. The van der Waals surface area contributed by atoms with Crippen LogP contribution in [0.3, 0.4) is 0 Å². The molecule has 0 amide bonds. The minimum absolute atomic E-state index is 0.549. The van der Waals surface area contributed by atoms with Crippen LogP contribution in [0.25, 0.3) is 0 Å². The Morgan fingerprint density at radius 3 is 2.80 bits per heavy atom. The first-order valence-corrected chi connectivity index (χ1v) is 7.03. The molecule has 0 fully saturated rings. The maximum atomic E-state index is 5.74. The topological polar surface area (TPSA) is 12.5 Å². The second-order valence-corrected chi connectivity index (χ2v) is 5.01. The van der Waals surface area contributed by atoms with Crippen molar-refractivity contribution in [2.45, 2.75) is 13.0 Å². The van der Waals surface area contributed by atoms with E-state index in [9.17, 15) is 0 Å². The van der Waals surface area contributed by atoms with E-state index in [1.165, 1.54) is 16.8 Å². The first-order valence-electron chi connectivity index (χ1n) is 7.03. The summed E-state index contributed by atoms with van der Waals surface area (Å²) in [7, 11) is 0. The van der Waals surface area contributed by atoms with Crippen LogP contribution in [0.1, 0.15) is 11.1 Å². The third-order valence-electron chi connectivity index (χ3n) is 3.67. The summed E-state index contributed by atoms with van der Waals surface area (Å²) < 4.78 is 5.74. The number of benzene rings is 2. The van der Waals surface area contributed by atoms with Gasteiger partial charge in [0.2, 0.25) is 0 Å². The molecular formula is C18H19NO. The van der Waals surface area contributed by atoms with Gasteiger partial charge in [-0.05, 0) is 24.1 Å². The maximum absolute atomic E-state index is 5.74. The Bertz CT molecular complexity index is 606. The molecule has 0 aliphatic carbocycles. The molecule has 20 heavy (non-hydrogen) atoms. The molecule has 102 valence electrons. The second kappa shape index (κ2) is 5.83. The number of ether oxygens (including phenoxy) is 1. The second-order valence-electron chi connectivity index (χ2n) is 5.01. The number of hydrogen-bond acceptors (Lipinski definition) is 2. The van der Waals surface area contributed by atoms with Crippen molar-refractivity contribution in [1.82, 2.24) is 0 Å². The molecule has 2 aromatic carbocycles. The number of anilines is 1. The van der Waals surface area contributed by atoms with Crippen molar-refractivity contribution in [3.8, 4) is 5.75 Å². The maximum Gasteiger partial charge on any atom is 0.124 e. The molecule has 0 spiro atoms. The molecule has 3 rings (SSSR count). The first-order chi connectivity index (χ1) is 9.88. The zero-order valence-electron chi connectivity index (χ0n) is 11.6. The van der Waals surface area contributed by atoms with Crippen molar-refractivity contribution in [1.29, 1.82) is 0 Å². The van der Waals surface area contributed by atoms with Gasteiger partial charge in [0.25, 0.3) is 0 Å². The normalized spacial score (nSPS) is 13.1. The third-order valence-corrected chi connectivity index (χ3v) is 3.67. The van der Waals surface area contributed by atoms with Gasteiger partial charge in [0.05, 0.1) is 0 Å². The SMILES string of the molecule is C=CCOc1ccccc1CN1CCc2ccccc21. The summed E-state index contributed by atoms with van der Waals surface area (Å²) in [5.74, 6) is 0.955. The predicted octanol–water partition coefficient (Wildman–Crippen LogP) is 3.81. The Morgan fingerprint density at radius 1 is 1.10 bits per heavy atom. The van der Waals surface area contributed by atoms with Gasteiger partial charge >= 0.3 is 0 Å². The number of fused-ring (bicyclic) bond motifs is 1. The van der Waals surface area contributed by atoms with E-state index in [2.05, 4.69) is 47.9 Å². The molecular weight excluding hydrogens is 246 g/mol. The van der Waals surface area contributed by atoms with Crippen LogP contribution in [0, 0.1) is 0 Å². The van der Waals surface area contributed by atoms with E-state index < -0.39 is 0 Å². The highest BCUT2D eigenvalue weighted by Gasteiger charge is 2.19. The van der Waals surface area contributed by atoms with Gasteiger partial charge in [-0.25, -0.2) is 0 Å². The van der Waals surface area contributed by atoms with Gasteiger partial charge in [-0.3, -0.25) is 0 Å². The highest BCUT2D eigenvalue weighted by atomic mass is 16.5. The molecule has 0 saturated heterocycles. The van der Waals surface area contributed by atoms with E-state index in [1.807, 2.05) is 12.1 Å². The quantitative estimate of drug-likeness (QED) is 0.762. The predicted molar refractivity (Wildman–Crippen MR) is 83.3 cm³/mol. The molecule has 0 atom stereocenters. The molecule has 2 nitrogen and oxygen atoms in total. The molecule has 1 aliphatic rings. The fourth-order valence-corrected chi connectivity index (χ4v) is 2.70. The van der Waals surface area contributed by atoms with Crippen molar-refractivity contribution in [3.05, 3.63) is 72.3 Å². The van der Waals surface area contributed by atoms with Gasteiger partial charge in [-0.15, -0.1) is 0 Å². The summed E-state index contributed by atoms with van der Waals surface area (Å²) in [5.41, 5.74) is 4.02. The summed E-state index contributed by atoms with van der Waals surface area (Å²) in [5, 5.41) is 0. The van der Waals surface area contributed by atoms with Gasteiger partial charge in [0.1, 0.15) is 12.4 Å². The fourth-order valence-electron chi connectivity index (χ4n) is 2.70. The molecule has 0 N–H and O–H groups in total. The smallest absolute Gasteiger partial charge is 0.124 e. The Morgan fingerprint density at radius 2 is 1.90 bits per heavy atom. The van der Waals surface area contributed by atoms with Crippen molar-refractivity contribution >= 4 is 5.69 Å². The van der Waals surface area contributed by atoms with Gasteiger partial charge in [0, 0.05) is 24.3 Å². The summed E-state index contributed by atoms with van der Waals surface area (Å²) in [6.07, 6.45) is 2.91. The lowest BCUT2D eigenvalue weighted by Crippen LogP contribution is -2.20. The Kier molecular flexibility index (Phi) is 3.73. The third kappa shape index (κ3) is 2.55. The van der Waals surface area contributed by atoms with Crippen molar-refractivity contribution < 1.29 is 4.74 Å². The van der Waals surface area contributed by atoms with E-state index in [1.54, 1.807) is 6.08 Å². The summed E-state index contributed by atoms with van der Waals surface area (Å²) in [4.78, 5) is 2.42. The Balaban J connectivity index is 1.80. The molecule has 1 aliphatic heterocycles. The van der Waals surface area contributed by atoms with Crippen LogP contribution in [0.2, 0.25) is 0 Å². The zero-order valence-corrected chi connectivity index (χ0v) is 11.6. The summed E-state index contributed by atoms with van der Waals surface area (Å²) >= 11 is 0. The molecule has 0 radical (unpaired) electrons. The van der Waals surface area contributed by atoms with E-state index in [4.69, 9.17) is 4.74 Å². The van der Waals surface area contributed by atoms with Gasteiger partial charge in [-0.1, -0.05) is 49.1 Å². The van der Waals surface area contributed by atoms with Crippen LogP contribution >= 0.6 is 0 Å². The first kappa shape index (κ1) is 12.8. The van der Waals surface area contributed by atoms with Crippen molar-refractivity contribution in [2.24, 2.45) is 0 Å². The number of hydrogen-bond donors (Lipinski definition) is 0. The van der Waals surface area contributed by atoms with Gasteiger partial charge in [0.15, 0.2) is 0 Å². The Labute approximate surface area is 120 Å². The monoisotopic (exact) mass is 265 g/mol. The minimum atomic E-state index is 0.549. The number of nitrogens with zero attached hydrogens (tertiary/aromatic N) is 1. The lowest BCUT2D eigenvalue weighted by Gasteiger charge is -2.21. The highest BCUT2D eigenvalue weighted by Crippen LogP contribution is 2.30. The standard InChI is InChI=1S/C18H19NO/c1-2-13-20-18-10-6-4-8-16(18)14-19-12-11-15-7-3-5-9-17(15)19/h2-10H,1,11-14H2. The van der Waals surface area contributed by atoms with E-state index >= 15 is 0 Å². The lowest BCUT2D eigenvalue weighted by atomic mass is 10.1. The van der Waals surface area contributed by atoms with E-state index in [-0.39, 0.29) is 0 Å². The fraction of sp³-hybridized carbons (Fsp3) is 0.222. The van der Waals surface area contributed by atoms with Crippen molar-refractivity contribution in [3.63, 3.8) is 0 Å². The zero-order chi connectivity index (χ0) is 13.8. The van der Waals surface area contributed by atoms with Crippen LogP contribution in [0.4, 0.5) is 5.69 Å². The van der Waals surface area contributed by atoms with Gasteiger partial charge < -0.3 is 9.64 Å². The molecule has 1 heterocycles. The molecule has 2 aromatic rings. The molecule has 2 heteroatoms. The van der Waals surface area contributed by atoms with E-state index in [0.717, 1.165) is 25.3 Å². The molecule has 0 unspecified atom stereocenters. The van der Waals surface area contributed by atoms with Crippen LogP contribution in [0.5, 0.6) is 5.75 Å². The summed E-state index contributed by atoms with van der Waals surface area (Å²) in [6, 6.07) is 16.9. The van der Waals surface area contributed by atoms with Crippen LogP contribution in [-0.2, 0) is 13.0 Å². The molecule has 0 aromatic heterocycles. The van der Waals surface area contributed by atoms with Crippen molar-refractivity contribution in [2.75, 3.05) is 18.1 Å². The highest BCUT2D eigenvalue weighted by molar-refractivity contribution is 5.58. The van der Waals surface area contributed by atoms with Gasteiger partial charge in [-0.2, -0.15) is 0 Å². The average Bonchev–Trinajstić information content (AvgIpc) is 2.90. The number of para-hydroxylation sites is 2. The van der Waals surface area contributed by atoms with Crippen LogP contribution in [-0.4, -0.2) is 13.2 Å². The average molecular weight is 265 g/mol. The van der Waals surface area contributed by atoms with Crippen LogP contribution < -0.4 is 9.64 Å². The number of rotatable bonds is 5. The van der Waals surface area contributed by atoms with Crippen LogP contribution in [0.15, 0.2) is 61.2 Å². The lowest BCUT2D eigenvalue weighted by molar-refractivity contribution is 0.359. The largest absolute Gasteiger partial charge is 0.489 e. The molecule has 0 saturated carbocycles. The summed E-state index contributed by atoms with van der Waals surface area (Å²) in [6.45, 7) is 6.22. The minimum Gasteiger partial charge on any atom is -0.489 e. The van der Waals surface area contributed by atoms with E-state index in [0.29, 0.717) is 6.61 Å². The Hall–Kier alpha value is -2.22.